The predicted octanol–water partition coefficient (Wildman–Crippen LogP) is 1.71. The number of carbonyl (C=O) groups is 3. The van der Waals surface area contributed by atoms with Gasteiger partial charge in [-0.15, -0.1) is 0 Å². The van der Waals surface area contributed by atoms with Gasteiger partial charge in [-0.25, -0.2) is 9.78 Å². The smallest absolute Gasteiger partial charge is 0.440 e. The lowest BCUT2D eigenvalue weighted by molar-refractivity contribution is -0.343. The first-order valence-corrected chi connectivity index (χ1v) is 14.6. The molecule has 12 heteroatoms. The van der Waals surface area contributed by atoms with E-state index in [0.717, 1.165) is 5.56 Å². The van der Waals surface area contributed by atoms with Gasteiger partial charge in [0.25, 0.3) is 0 Å². The first-order valence-electron chi connectivity index (χ1n) is 14.6. The van der Waals surface area contributed by atoms with E-state index in [1.54, 1.807) is 34.6 Å². The van der Waals surface area contributed by atoms with Crippen LogP contribution in [0.1, 0.15) is 50.7 Å². The Morgan fingerprint density at radius 1 is 1.14 bits per heavy atom. The van der Waals surface area contributed by atoms with Gasteiger partial charge < -0.3 is 33.5 Å². The molecule has 1 aromatic carbocycles. The van der Waals surface area contributed by atoms with Crippen molar-refractivity contribution >= 4 is 24.1 Å². The van der Waals surface area contributed by atoms with Gasteiger partial charge in [0.15, 0.2) is 25.0 Å². The maximum Gasteiger partial charge on any atom is 0.440 e. The molecule has 240 valence electrons. The van der Waals surface area contributed by atoms with Crippen molar-refractivity contribution in [1.82, 2.24) is 4.98 Å². The number of aliphatic hydroxyl groups is 1. The molecule has 1 aliphatic rings. The molecule has 12 nitrogen and oxygen atoms in total. The summed E-state index contributed by atoms with van der Waals surface area (Å²) in [6.45, 7) is 8.38. The van der Waals surface area contributed by atoms with Crippen LogP contribution in [0.3, 0.4) is 0 Å². The van der Waals surface area contributed by atoms with Crippen molar-refractivity contribution in [2.24, 2.45) is 23.7 Å². The number of cyclic esters (lactones) is 1. The number of ether oxygens (including phenoxy) is 6. The number of benzene rings is 1. The molecule has 2 aromatic rings. The molecule has 0 saturated carbocycles. The monoisotopic (exact) mass is 615 g/mol. The fourth-order valence-corrected chi connectivity index (χ4v) is 4.30. The first kappa shape index (κ1) is 34.6. The van der Waals surface area contributed by atoms with Crippen molar-refractivity contribution in [1.29, 1.82) is 0 Å². The lowest BCUT2D eigenvalue weighted by atomic mass is 9.91. The van der Waals surface area contributed by atoms with E-state index in [-0.39, 0.29) is 49.5 Å². The second-order valence-electron chi connectivity index (χ2n) is 11.2. The number of aromatic nitrogens is 1. The van der Waals surface area contributed by atoms with Crippen molar-refractivity contribution in [3.63, 3.8) is 0 Å². The maximum atomic E-state index is 13.4. The fourth-order valence-electron chi connectivity index (χ4n) is 4.30. The molecule has 1 aromatic heterocycles. The highest BCUT2D eigenvalue weighted by Crippen LogP contribution is 2.29. The number of pyridine rings is 1. The number of rotatable bonds is 12. The summed E-state index contributed by atoms with van der Waals surface area (Å²) in [7, 11) is 1.42. The second kappa shape index (κ2) is 16.8. The van der Waals surface area contributed by atoms with Crippen LogP contribution in [0.25, 0.3) is 0 Å². The lowest BCUT2D eigenvalue weighted by Gasteiger charge is -2.30. The number of aliphatic hydroxyl groups excluding tert-OH is 1. The van der Waals surface area contributed by atoms with E-state index in [9.17, 15) is 19.5 Å². The van der Waals surface area contributed by atoms with E-state index in [0.29, 0.717) is 0 Å². The van der Waals surface area contributed by atoms with E-state index in [4.69, 9.17) is 28.4 Å². The molecule has 1 saturated heterocycles. The third-order valence-electron chi connectivity index (χ3n) is 6.96. The molecule has 2 unspecified atom stereocenters. The minimum absolute atomic E-state index is 0.0289. The number of nitrogens with one attached hydrogen (secondary N) is 1. The van der Waals surface area contributed by atoms with E-state index in [1.165, 1.54) is 25.6 Å². The Bertz CT molecular complexity index is 1270. The Morgan fingerprint density at radius 3 is 2.52 bits per heavy atom. The minimum atomic E-state index is -1.06. The highest BCUT2D eigenvalue weighted by atomic mass is 16.7. The number of methoxy groups -OCH3 is 1. The highest BCUT2D eigenvalue weighted by Gasteiger charge is 2.39. The van der Waals surface area contributed by atoms with Gasteiger partial charge in [-0.3, -0.25) is 9.59 Å². The van der Waals surface area contributed by atoms with Crippen LogP contribution in [0.5, 0.6) is 11.5 Å². The maximum absolute atomic E-state index is 13.4. The molecule has 3 rings (SSSR count). The Hall–Kier alpha value is -3.87. The van der Waals surface area contributed by atoms with E-state index in [2.05, 4.69) is 9.98 Å². The molecule has 1 aliphatic heterocycles. The van der Waals surface area contributed by atoms with Gasteiger partial charge in [0.2, 0.25) is 11.4 Å². The summed E-state index contributed by atoms with van der Waals surface area (Å²) in [5, 5.41) is 9.91. The van der Waals surface area contributed by atoms with Gasteiger partial charge in [-0.05, 0) is 18.9 Å². The zero-order valence-electron chi connectivity index (χ0n) is 26.1. The summed E-state index contributed by atoms with van der Waals surface area (Å²) >= 11 is 0. The first-order chi connectivity index (χ1) is 21.0. The predicted molar refractivity (Wildman–Crippen MR) is 158 cm³/mol. The van der Waals surface area contributed by atoms with Crippen LogP contribution in [0.15, 0.2) is 42.6 Å². The summed E-state index contributed by atoms with van der Waals surface area (Å²) in [5.74, 6) is -3.23. The fraction of sp³-hybridized carbons (Fsp3) is 0.531. The number of carbonyl (C=O) groups excluding carboxylic acids is 3. The summed E-state index contributed by atoms with van der Waals surface area (Å²) in [5.41, 5.74) is 0.802. The van der Waals surface area contributed by atoms with Crippen LogP contribution >= 0.6 is 0 Å². The van der Waals surface area contributed by atoms with E-state index in [1.807, 2.05) is 30.3 Å². The molecular weight excluding hydrogens is 572 g/mol. The molecule has 0 spiro atoms. The van der Waals surface area contributed by atoms with Crippen LogP contribution < -0.4 is 14.5 Å². The van der Waals surface area contributed by atoms with E-state index >= 15 is 0 Å². The number of hydrogen-bond donors (Lipinski definition) is 2. The molecule has 1 fully saturated rings. The number of nitrogens with zero attached hydrogens (tertiary/aromatic N) is 1. The van der Waals surface area contributed by atoms with Crippen LogP contribution in [0.2, 0.25) is 0 Å². The molecule has 5 atom stereocenters. The standard InChI is InChI=1S/C32H42N2O10/c1-19(2)30(36)43-18-42-28-25(39-6)12-13-33-26(28)29(35)34-15-23-16-40-21(5)27(44-31(37)20(3)4)24(32(38)41-17-23)14-22-10-8-7-9-11-22/h7-13,15,19-21,23-24,27,30,36H,14,16-18H2,1-6H3/p+1/t21-,23?,24+,27-,30?/m0/s1. The highest BCUT2D eigenvalue weighted by molar-refractivity contribution is 5.90. The van der Waals surface area contributed by atoms with Crippen LogP contribution in [-0.2, 0) is 35.0 Å². The largest absolute Gasteiger partial charge is 0.493 e. The van der Waals surface area contributed by atoms with Gasteiger partial charge in [0, 0.05) is 18.2 Å². The lowest BCUT2D eigenvalue weighted by Crippen LogP contribution is -2.75. The van der Waals surface area contributed by atoms with Gasteiger partial charge in [0.05, 0.1) is 31.7 Å². The third-order valence-corrected chi connectivity index (χ3v) is 6.96. The SMILES string of the molecule is COc1ccnc(C(=O)[NH+]=CC2COC(=O)[C@H](Cc3ccccc3)[C@@H](OC(=O)C(C)C)[C@H](C)OC2)c1OCOC(O)C(C)C. The molecule has 0 radical (unpaired) electrons. The normalized spacial score (nSPS) is 21.7. The molecule has 0 aliphatic carbocycles. The summed E-state index contributed by atoms with van der Waals surface area (Å²) in [6.07, 6.45) is 0.545. The number of esters is 2. The summed E-state index contributed by atoms with van der Waals surface area (Å²) in [6, 6.07) is 10.9. The van der Waals surface area contributed by atoms with Gasteiger partial charge in [-0.1, -0.05) is 58.0 Å². The van der Waals surface area contributed by atoms with Gasteiger partial charge in [-0.2, -0.15) is 4.99 Å². The third kappa shape index (κ3) is 9.83. The van der Waals surface area contributed by atoms with Crippen LogP contribution in [0.4, 0.5) is 0 Å². The molecule has 2 N–H and O–H groups in total. The van der Waals surface area contributed by atoms with Gasteiger partial charge in [0.1, 0.15) is 18.6 Å². The molecule has 1 amide bonds. The molecule has 2 heterocycles. The van der Waals surface area contributed by atoms with E-state index < -0.39 is 54.1 Å². The average Bonchev–Trinajstić information content (AvgIpc) is 3.06. The van der Waals surface area contributed by atoms with Crippen LogP contribution in [0, 0.1) is 23.7 Å². The van der Waals surface area contributed by atoms with Crippen LogP contribution in [-0.4, -0.2) is 79.8 Å². The Morgan fingerprint density at radius 2 is 1.86 bits per heavy atom. The van der Waals surface area contributed by atoms with Crippen molar-refractivity contribution in [2.75, 3.05) is 27.1 Å². The number of amides is 1. The zero-order chi connectivity index (χ0) is 32.2. The minimum Gasteiger partial charge on any atom is -0.493 e. The van der Waals surface area contributed by atoms with Crippen molar-refractivity contribution in [2.45, 2.75) is 59.5 Å². The molecular formula is C32H43N2O10+. The quantitative estimate of drug-likeness (QED) is 0.204. The summed E-state index contributed by atoms with van der Waals surface area (Å²) < 4.78 is 33.8. The molecule has 0 bridgehead atoms. The summed E-state index contributed by atoms with van der Waals surface area (Å²) in [4.78, 5) is 46.0. The second-order valence-corrected chi connectivity index (χ2v) is 11.2. The Kier molecular flexibility index (Phi) is 13.2. The topological polar surface area (TPSA) is 154 Å². The van der Waals surface area contributed by atoms with Gasteiger partial charge >= 0.3 is 17.8 Å². The van der Waals surface area contributed by atoms with Crippen molar-refractivity contribution in [3.8, 4) is 11.5 Å². The van der Waals surface area contributed by atoms with Crippen molar-refractivity contribution < 1.29 is 52.9 Å². The number of hydrogen-bond acceptors (Lipinski definition) is 11. The zero-order valence-corrected chi connectivity index (χ0v) is 26.1. The molecule has 44 heavy (non-hydrogen) atoms. The Balaban J connectivity index is 1.79. The van der Waals surface area contributed by atoms with Crippen molar-refractivity contribution in [3.05, 3.63) is 53.9 Å². The Labute approximate surface area is 257 Å². The average molecular weight is 616 g/mol.